The smallest absolute Gasteiger partial charge is 0.225 e. The molecule has 0 unspecified atom stereocenters. The van der Waals surface area contributed by atoms with Crippen LogP contribution in [0.1, 0.15) is 13.8 Å². The summed E-state index contributed by atoms with van der Waals surface area (Å²) in [5.74, 6) is 1.23. The standard InChI is InChI=1S/C14H19N5O/c1-3-16-13-7-12(11-5-4-6-15-8-11)18-14(19-13)17-10(2)9-20/h4-8,10,20H,3,9H2,1-2H3,(H2,16,17,18,19)/t10-/m1/s1. The van der Waals surface area contributed by atoms with Gasteiger partial charge in [-0.2, -0.15) is 4.98 Å². The van der Waals surface area contributed by atoms with E-state index >= 15 is 0 Å². The highest BCUT2D eigenvalue weighted by Gasteiger charge is 2.08. The van der Waals surface area contributed by atoms with E-state index in [0.29, 0.717) is 5.95 Å². The fraction of sp³-hybridized carbons (Fsp3) is 0.357. The number of anilines is 2. The van der Waals surface area contributed by atoms with Crippen molar-refractivity contribution in [1.82, 2.24) is 15.0 Å². The van der Waals surface area contributed by atoms with Crippen LogP contribution in [0.25, 0.3) is 11.3 Å². The van der Waals surface area contributed by atoms with Crippen LogP contribution in [-0.2, 0) is 0 Å². The van der Waals surface area contributed by atoms with Crippen LogP contribution in [0.4, 0.5) is 11.8 Å². The monoisotopic (exact) mass is 273 g/mol. The number of nitrogens with one attached hydrogen (secondary N) is 2. The highest BCUT2D eigenvalue weighted by Crippen LogP contribution is 2.20. The fourth-order valence-corrected chi connectivity index (χ4v) is 1.71. The molecule has 0 fully saturated rings. The van der Waals surface area contributed by atoms with Crippen LogP contribution >= 0.6 is 0 Å². The number of nitrogens with zero attached hydrogens (tertiary/aromatic N) is 3. The Morgan fingerprint density at radius 1 is 1.35 bits per heavy atom. The number of aliphatic hydroxyl groups is 1. The van der Waals surface area contributed by atoms with Gasteiger partial charge in [0.25, 0.3) is 0 Å². The van der Waals surface area contributed by atoms with E-state index in [-0.39, 0.29) is 12.6 Å². The Labute approximate surface area is 118 Å². The fourth-order valence-electron chi connectivity index (χ4n) is 1.71. The van der Waals surface area contributed by atoms with E-state index in [9.17, 15) is 0 Å². The number of hydrogen-bond donors (Lipinski definition) is 3. The summed E-state index contributed by atoms with van der Waals surface area (Å²) in [5, 5.41) is 15.4. The molecule has 0 spiro atoms. The molecule has 2 aromatic rings. The second kappa shape index (κ2) is 6.81. The lowest BCUT2D eigenvalue weighted by molar-refractivity contribution is 0.281. The third-order valence-electron chi connectivity index (χ3n) is 2.69. The Kier molecular flexibility index (Phi) is 4.84. The molecule has 106 valence electrons. The van der Waals surface area contributed by atoms with Gasteiger partial charge in [0.1, 0.15) is 5.82 Å². The number of rotatable bonds is 6. The number of aromatic nitrogens is 3. The first kappa shape index (κ1) is 14.2. The lowest BCUT2D eigenvalue weighted by Gasteiger charge is -2.13. The molecule has 3 N–H and O–H groups in total. The van der Waals surface area contributed by atoms with E-state index in [0.717, 1.165) is 23.6 Å². The predicted octanol–water partition coefficient (Wildman–Crippen LogP) is 1.76. The van der Waals surface area contributed by atoms with Gasteiger partial charge in [0.15, 0.2) is 0 Å². The van der Waals surface area contributed by atoms with Gasteiger partial charge in [-0.3, -0.25) is 4.98 Å². The molecule has 1 atom stereocenters. The minimum Gasteiger partial charge on any atom is -0.394 e. The molecule has 0 radical (unpaired) electrons. The van der Waals surface area contributed by atoms with Crippen molar-refractivity contribution < 1.29 is 5.11 Å². The molecular formula is C14H19N5O. The Bertz CT molecular complexity index is 547. The summed E-state index contributed by atoms with van der Waals surface area (Å²) >= 11 is 0. The molecule has 2 heterocycles. The van der Waals surface area contributed by atoms with Crippen LogP contribution in [0.3, 0.4) is 0 Å². The number of aliphatic hydroxyl groups excluding tert-OH is 1. The first-order valence-electron chi connectivity index (χ1n) is 6.63. The molecule has 6 heteroatoms. The molecule has 0 saturated carbocycles. The van der Waals surface area contributed by atoms with Crippen molar-refractivity contribution in [2.45, 2.75) is 19.9 Å². The lowest BCUT2D eigenvalue weighted by Crippen LogP contribution is -2.21. The second-order valence-corrected chi connectivity index (χ2v) is 4.46. The van der Waals surface area contributed by atoms with Crippen LogP contribution in [0.15, 0.2) is 30.6 Å². The highest BCUT2D eigenvalue weighted by molar-refractivity contribution is 5.63. The lowest BCUT2D eigenvalue weighted by atomic mass is 10.2. The van der Waals surface area contributed by atoms with Gasteiger partial charge in [0.2, 0.25) is 5.95 Å². The van der Waals surface area contributed by atoms with Crippen LogP contribution < -0.4 is 10.6 Å². The summed E-state index contributed by atoms with van der Waals surface area (Å²) in [5.41, 5.74) is 1.71. The summed E-state index contributed by atoms with van der Waals surface area (Å²) in [6.07, 6.45) is 3.49. The van der Waals surface area contributed by atoms with E-state index in [1.54, 1.807) is 12.4 Å². The summed E-state index contributed by atoms with van der Waals surface area (Å²) in [7, 11) is 0. The minimum absolute atomic E-state index is 0.0248. The van der Waals surface area contributed by atoms with Crippen molar-refractivity contribution in [2.75, 3.05) is 23.8 Å². The van der Waals surface area contributed by atoms with Crippen LogP contribution in [0.5, 0.6) is 0 Å². The SMILES string of the molecule is CCNc1cc(-c2cccnc2)nc(N[C@H](C)CO)n1. The Hall–Kier alpha value is -2.21. The van der Waals surface area contributed by atoms with Gasteiger partial charge < -0.3 is 15.7 Å². The van der Waals surface area contributed by atoms with Crippen molar-refractivity contribution in [2.24, 2.45) is 0 Å². The van der Waals surface area contributed by atoms with Gasteiger partial charge in [-0.1, -0.05) is 0 Å². The van der Waals surface area contributed by atoms with Gasteiger partial charge in [-0.05, 0) is 26.0 Å². The Morgan fingerprint density at radius 2 is 2.20 bits per heavy atom. The zero-order chi connectivity index (χ0) is 14.4. The predicted molar refractivity (Wildman–Crippen MR) is 79.6 cm³/mol. The van der Waals surface area contributed by atoms with Crippen LogP contribution in [0.2, 0.25) is 0 Å². The van der Waals surface area contributed by atoms with Crippen molar-refractivity contribution >= 4 is 11.8 Å². The van der Waals surface area contributed by atoms with Crippen molar-refractivity contribution in [3.8, 4) is 11.3 Å². The highest BCUT2D eigenvalue weighted by atomic mass is 16.3. The first-order valence-corrected chi connectivity index (χ1v) is 6.63. The zero-order valence-electron chi connectivity index (χ0n) is 11.7. The van der Waals surface area contributed by atoms with Gasteiger partial charge in [-0.15, -0.1) is 0 Å². The Balaban J connectivity index is 2.35. The molecule has 0 aliphatic rings. The molecule has 0 aliphatic heterocycles. The maximum atomic E-state index is 9.11. The van der Waals surface area contributed by atoms with Gasteiger partial charge in [-0.25, -0.2) is 4.98 Å². The van der Waals surface area contributed by atoms with Crippen molar-refractivity contribution in [1.29, 1.82) is 0 Å². The molecular weight excluding hydrogens is 254 g/mol. The number of hydrogen-bond acceptors (Lipinski definition) is 6. The summed E-state index contributed by atoms with van der Waals surface area (Å²) in [6.45, 7) is 4.68. The van der Waals surface area contributed by atoms with E-state index in [4.69, 9.17) is 5.11 Å². The maximum Gasteiger partial charge on any atom is 0.225 e. The average Bonchev–Trinajstić information content (AvgIpc) is 2.48. The number of pyridine rings is 1. The largest absolute Gasteiger partial charge is 0.394 e. The molecule has 0 amide bonds. The Morgan fingerprint density at radius 3 is 2.85 bits per heavy atom. The quantitative estimate of drug-likeness (QED) is 0.744. The van der Waals surface area contributed by atoms with Gasteiger partial charge in [0.05, 0.1) is 12.3 Å². The van der Waals surface area contributed by atoms with Gasteiger partial charge in [0, 0.05) is 36.6 Å². The molecule has 6 nitrogen and oxygen atoms in total. The summed E-state index contributed by atoms with van der Waals surface area (Å²) < 4.78 is 0. The second-order valence-electron chi connectivity index (χ2n) is 4.46. The minimum atomic E-state index is -0.103. The van der Waals surface area contributed by atoms with E-state index in [1.807, 2.05) is 32.0 Å². The van der Waals surface area contributed by atoms with Crippen molar-refractivity contribution in [3.05, 3.63) is 30.6 Å². The molecule has 0 saturated heterocycles. The summed E-state index contributed by atoms with van der Waals surface area (Å²) in [4.78, 5) is 12.9. The molecule has 0 bridgehead atoms. The molecule has 2 aromatic heterocycles. The zero-order valence-corrected chi connectivity index (χ0v) is 11.7. The van der Waals surface area contributed by atoms with E-state index in [2.05, 4.69) is 25.6 Å². The molecule has 2 rings (SSSR count). The topological polar surface area (TPSA) is 83.0 Å². The normalized spacial score (nSPS) is 11.9. The summed E-state index contributed by atoms with van der Waals surface area (Å²) in [6, 6.07) is 5.60. The first-order chi connectivity index (χ1) is 9.72. The van der Waals surface area contributed by atoms with Crippen LogP contribution in [-0.4, -0.2) is 39.3 Å². The van der Waals surface area contributed by atoms with E-state index in [1.165, 1.54) is 0 Å². The molecule has 20 heavy (non-hydrogen) atoms. The average molecular weight is 273 g/mol. The van der Waals surface area contributed by atoms with Crippen molar-refractivity contribution in [3.63, 3.8) is 0 Å². The molecule has 0 aromatic carbocycles. The third-order valence-corrected chi connectivity index (χ3v) is 2.69. The maximum absolute atomic E-state index is 9.11. The van der Waals surface area contributed by atoms with Crippen LogP contribution in [0, 0.1) is 0 Å². The van der Waals surface area contributed by atoms with Gasteiger partial charge >= 0.3 is 0 Å². The third kappa shape index (κ3) is 3.64. The molecule has 0 aliphatic carbocycles. The van der Waals surface area contributed by atoms with E-state index < -0.39 is 0 Å².